The number of halogens is 1. The minimum atomic E-state index is -4.52. The van der Waals surface area contributed by atoms with E-state index in [1.165, 1.54) is 35.5 Å². The highest BCUT2D eigenvalue weighted by Gasteiger charge is 2.52. The second-order valence-corrected chi connectivity index (χ2v) is 8.05. The minimum absolute atomic E-state index is 0.0796. The van der Waals surface area contributed by atoms with Gasteiger partial charge in [-0.1, -0.05) is 0 Å². The van der Waals surface area contributed by atoms with Gasteiger partial charge in [0, 0.05) is 36.3 Å². The Morgan fingerprint density at radius 2 is 1.26 bits per heavy atom. The van der Waals surface area contributed by atoms with Crippen molar-refractivity contribution < 1.29 is 53.2 Å². The first-order chi connectivity index (χ1) is 18.5. The Balaban J connectivity index is 2.06. The van der Waals surface area contributed by atoms with Crippen molar-refractivity contribution in [3.05, 3.63) is 53.7 Å². The molecule has 1 aromatic heterocycles. The first kappa shape index (κ1) is 29.4. The van der Waals surface area contributed by atoms with Crippen LogP contribution in [0.4, 0.5) is 10.3 Å². The number of alkyl halides is 1. The smallest absolute Gasteiger partial charge is 0.414 e. The van der Waals surface area contributed by atoms with Gasteiger partial charge in [-0.2, -0.15) is 9.37 Å². The number of benzene rings is 2. The molecule has 14 heteroatoms. The van der Waals surface area contributed by atoms with E-state index in [1.54, 1.807) is 41.3 Å². The van der Waals surface area contributed by atoms with Crippen molar-refractivity contribution in [3.63, 3.8) is 0 Å². The predicted molar refractivity (Wildman–Crippen MR) is 134 cm³/mol. The van der Waals surface area contributed by atoms with Gasteiger partial charge in [-0.15, -0.1) is 0 Å². The maximum absolute atomic E-state index is 13.4. The van der Waals surface area contributed by atoms with Gasteiger partial charge in [0.1, 0.15) is 23.0 Å². The summed E-state index contributed by atoms with van der Waals surface area (Å²) in [7, 11) is 7.30. The molecule has 0 aliphatic carbocycles. The minimum Gasteiger partial charge on any atom is -0.497 e. The van der Waals surface area contributed by atoms with E-state index in [-0.39, 0.29) is 24.9 Å². The lowest BCUT2D eigenvalue weighted by atomic mass is 10.1. The van der Waals surface area contributed by atoms with Crippen LogP contribution in [-0.4, -0.2) is 78.0 Å². The molecule has 0 unspecified atom stereocenters. The van der Waals surface area contributed by atoms with Gasteiger partial charge in [0.2, 0.25) is 11.7 Å². The first-order valence-corrected chi connectivity index (χ1v) is 11.3. The Labute approximate surface area is 223 Å². The van der Waals surface area contributed by atoms with Gasteiger partial charge in [-0.25, -0.2) is 4.98 Å². The van der Waals surface area contributed by atoms with E-state index in [0.29, 0.717) is 23.0 Å². The summed E-state index contributed by atoms with van der Waals surface area (Å²) >= 11 is 0. The molecule has 13 nitrogen and oxygen atoms in total. The average Bonchev–Trinajstić information content (AvgIpc) is 2.92. The van der Waals surface area contributed by atoms with Crippen LogP contribution in [0.2, 0.25) is 0 Å². The molecule has 39 heavy (non-hydrogen) atoms. The van der Waals surface area contributed by atoms with Gasteiger partial charge in [0.25, 0.3) is 5.88 Å². The largest absolute Gasteiger partial charge is 0.497 e. The highest BCUT2D eigenvalue weighted by Crippen LogP contribution is 2.34. The fourth-order valence-corrected chi connectivity index (χ4v) is 3.51. The molecule has 0 atom stereocenters. The van der Waals surface area contributed by atoms with Crippen LogP contribution in [0.3, 0.4) is 0 Å². The molecule has 0 saturated carbocycles. The van der Waals surface area contributed by atoms with Crippen molar-refractivity contribution in [1.29, 1.82) is 0 Å². The van der Waals surface area contributed by atoms with Crippen LogP contribution < -0.4 is 33.3 Å². The number of nitrogens with zero attached hydrogens (tertiary/aromatic N) is 3. The standard InChI is InChI=1S/C25H30FN3O10/c1-34-17-8-6-15(19(10-17)36-3)13-29(14-16-7-9-18(35-2)11-20(16)37-4)23-27-12-21(22(28-23)38-5)39-25(32,33)24(26,30)31/h6-12,30-33H,13-14H2,1-5H3. The Bertz CT molecular complexity index is 1210. The van der Waals surface area contributed by atoms with E-state index < -0.39 is 17.8 Å². The Morgan fingerprint density at radius 3 is 1.67 bits per heavy atom. The van der Waals surface area contributed by atoms with Crippen molar-refractivity contribution in [1.82, 2.24) is 9.97 Å². The van der Waals surface area contributed by atoms with Crippen molar-refractivity contribution in [2.75, 3.05) is 40.4 Å². The summed E-state index contributed by atoms with van der Waals surface area (Å²) in [6.45, 7) is 0.410. The molecule has 2 aromatic carbocycles. The monoisotopic (exact) mass is 551 g/mol. The third-order valence-corrected chi connectivity index (χ3v) is 5.56. The van der Waals surface area contributed by atoms with E-state index in [2.05, 4.69) is 14.7 Å². The number of hydrogen-bond acceptors (Lipinski definition) is 13. The van der Waals surface area contributed by atoms with Gasteiger partial charge in [-0.05, 0) is 24.3 Å². The normalized spacial score (nSPS) is 11.5. The van der Waals surface area contributed by atoms with Crippen LogP contribution in [0.25, 0.3) is 0 Å². The predicted octanol–water partition coefficient (Wildman–Crippen LogP) is 1.35. The molecule has 0 fully saturated rings. The molecule has 0 amide bonds. The SMILES string of the molecule is COc1ccc(CN(Cc2ccc(OC)cc2OC)c2ncc(OC(O)(O)C(O)(O)F)c(OC)n2)c(OC)c1. The molecule has 0 spiro atoms. The van der Waals surface area contributed by atoms with Crippen molar-refractivity contribution in [3.8, 4) is 34.6 Å². The molecule has 0 saturated heterocycles. The molecular formula is C25H30FN3O10. The summed E-state index contributed by atoms with van der Waals surface area (Å²) in [4.78, 5) is 10.2. The topological polar surface area (TPSA) is 165 Å². The van der Waals surface area contributed by atoms with E-state index >= 15 is 0 Å². The Kier molecular flexibility index (Phi) is 9.19. The lowest BCUT2D eigenvalue weighted by Crippen LogP contribution is -2.55. The highest BCUT2D eigenvalue weighted by atomic mass is 19.2. The summed E-state index contributed by atoms with van der Waals surface area (Å²) < 4.78 is 44.7. The third-order valence-electron chi connectivity index (χ3n) is 5.56. The summed E-state index contributed by atoms with van der Waals surface area (Å²) in [5.74, 6) is -2.66. The van der Waals surface area contributed by atoms with Crippen molar-refractivity contribution in [2.45, 2.75) is 25.1 Å². The van der Waals surface area contributed by atoms with Gasteiger partial charge in [0.15, 0.2) is 0 Å². The lowest BCUT2D eigenvalue weighted by molar-refractivity contribution is -0.477. The number of aliphatic hydroxyl groups is 4. The van der Waals surface area contributed by atoms with Gasteiger partial charge < -0.3 is 53.7 Å². The zero-order valence-corrected chi connectivity index (χ0v) is 21.9. The molecule has 0 aliphatic rings. The molecule has 0 radical (unpaired) electrons. The maximum Gasteiger partial charge on any atom is 0.414 e. The highest BCUT2D eigenvalue weighted by molar-refractivity contribution is 5.48. The third kappa shape index (κ3) is 6.86. The number of hydrogen-bond donors (Lipinski definition) is 4. The number of ether oxygens (including phenoxy) is 6. The molecule has 1 heterocycles. The van der Waals surface area contributed by atoms with Crippen LogP contribution >= 0.6 is 0 Å². The van der Waals surface area contributed by atoms with E-state index in [1.807, 2.05) is 0 Å². The van der Waals surface area contributed by atoms with Gasteiger partial charge in [-0.3, -0.25) is 0 Å². The van der Waals surface area contributed by atoms with E-state index in [9.17, 15) is 14.6 Å². The number of rotatable bonds is 13. The second-order valence-electron chi connectivity index (χ2n) is 8.05. The van der Waals surface area contributed by atoms with Crippen LogP contribution in [0.5, 0.6) is 34.6 Å². The van der Waals surface area contributed by atoms with Crippen molar-refractivity contribution in [2.24, 2.45) is 0 Å². The number of anilines is 1. The fraction of sp³-hybridized carbons (Fsp3) is 0.360. The Morgan fingerprint density at radius 1 is 0.744 bits per heavy atom. The van der Waals surface area contributed by atoms with E-state index in [0.717, 1.165) is 17.3 Å². The molecule has 4 N–H and O–H groups in total. The number of aromatic nitrogens is 2. The zero-order valence-electron chi connectivity index (χ0n) is 21.9. The summed E-state index contributed by atoms with van der Waals surface area (Å²) in [6, 6.07) is 6.05. The summed E-state index contributed by atoms with van der Waals surface area (Å²) in [6.07, 6.45) is 0.956. The van der Waals surface area contributed by atoms with E-state index in [4.69, 9.17) is 33.9 Å². The number of methoxy groups -OCH3 is 5. The van der Waals surface area contributed by atoms with Crippen molar-refractivity contribution >= 4 is 5.95 Å². The summed E-state index contributed by atoms with van der Waals surface area (Å²) in [5, 5.41) is 37.1. The molecule has 0 bridgehead atoms. The zero-order chi connectivity index (χ0) is 28.8. The molecule has 3 aromatic rings. The van der Waals surface area contributed by atoms with Crippen LogP contribution in [0.1, 0.15) is 11.1 Å². The van der Waals surface area contributed by atoms with Crippen LogP contribution in [0, 0.1) is 0 Å². The van der Waals surface area contributed by atoms with Gasteiger partial charge >= 0.3 is 12.0 Å². The van der Waals surface area contributed by atoms with Gasteiger partial charge in [0.05, 0.1) is 41.7 Å². The van der Waals surface area contributed by atoms with Crippen LogP contribution in [-0.2, 0) is 13.1 Å². The van der Waals surface area contributed by atoms with Crippen LogP contribution in [0.15, 0.2) is 42.6 Å². The summed E-state index contributed by atoms with van der Waals surface area (Å²) in [5.41, 5.74) is 1.47. The first-order valence-electron chi connectivity index (χ1n) is 11.3. The maximum atomic E-state index is 13.4. The molecular weight excluding hydrogens is 521 g/mol. The average molecular weight is 552 g/mol. The fourth-order valence-electron chi connectivity index (χ4n) is 3.51. The second kappa shape index (κ2) is 12.2. The quantitative estimate of drug-likeness (QED) is 0.225. The molecule has 3 rings (SSSR count). The lowest BCUT2D eigenvalue weighted by Gasteiger charge is -2.28. The molecule has 212 valence electrons. The molecule has 0 aliphatic heterocycles. The Hall–Kier alpha value is -4.11.